The lowest BCUT2D eigenvalue weighted by Crippen LogP contribution is -2.08. The fraction of sp³-hybridized carbons (Fsp3) is 0.357. The summed E-state index contributed by atoms with van der Waals surface area (Å²) in [6, 6.07) is 6.13. The Balaban J connectivity index is 2.42. The smallest absolute Gasteiger partial charge is 0.129 e. The lowest BCUT2D eigenvalue weighted by Gasteiger charge is -2.07. The van der Waals surface area contributed by atoms with Gasteiger partial charge in [0.2, 0.25) is 0 Å². The average Bonchev–Trinajstić information content (AvgIpc) is 2.87. The van der Waals surface area contributed by atoms with Crippen LogP contribution in [-0.4, -0.2) is 18.6 Å². The molecule has 1 atom stereocenters. The number of hydrogen-bond acceptors (Lipinski definition) is 4. The molecule has 4 heteroatoms. The molecule has 0 saturated heterocycles. The average molecular weight is 262 g/mol. The summed E-state index contributed by atoms with van der Waals surface area (Å²) in [5.41, 5.74) is 8.99. The van der Waals surface area contributed by atoms with Crippen LogP contribution in [0.3, 0.4) is 0 Å². The number of thiazole rings is 1. The second-order valence-corrected chi connectivity index (χ2v) is 5.28. The first-order valence-corrected chi connectivity index (χ1v) is 6.84. The molecule has 96 valence electrons. The Labute approximate surface area is 112 Å². The van der Waals surface area contributed by atoms with Crippen LogP contribution in [-0.2, 0) is 0 Å². The third kappa shape index (κ3) is 2.54. The zero-order valence-corrected chi connectivity index (χ0v) is 11.8. The molecule has 2 N–H and O–H groups in total. The van der Waals surface area contributed by atoms with Crippen molar-refractivity contribution < 1.29 is 4.74 Å². The van der Waals surface area contributed by atoms with E-state index >= 15 is 0 Å². The Bertz CT molecular complexity index is 536. The molecule has 1 heterocycles. The summed E-state index contributed by atoms with van der Waals surface area (Å²) < 4.78 is 5.39. The SMILES string of the molecule is COc1ccc(C)cc1-c1nc(C(C)CN)cs1. The Kier molecular flexibility index (Phi) is 3.99. The predicted molar refractivity (Wildman–Crippen MR) is 76.3 cm³/mol. The molecule has 0 fully saturated rings. The van der Waals surface area contributed by atoms with Gasteiger partial charge in [-0.15, -0.1) is 11.3 Å². The number of rotatable bonds is 4. The minimum Gasteiger partial charge on any atom is -0.496 e. The molecule has 0 saturated carbocycles. The lowest BCUT2D eigenvalue weighted by molar-refractivity contribution is 0.416. The van der Waals surface area contributed by atoms with Gasteiger partial charge in [-0.2, -0.15) is 0 Å². The molecule has 2 rings (SSSR count). The van der Waals surface area contributed by atoms with E-state index in [0.717, 1.165) is 22.0 Å². The highest BCUT2D eigenvalue weighted by atomic mass is 32.1. The highest BCUT2D eigenvalue weighted by molar-refractivity contribution is 7.13. The molecule has 0 amide bonds. The van der Waals surface area contributed by atoms with E-state index in [1.807, 2.05) is 12.1 Å². The number of ether oxygens (including phenoxy) is 1. The van der Waals surface area contributed by atoms with E-state index < -0.39 is 0 Å². The summed E-state index contributed by atoms with van der Waals surface area (Å²) in [5.74, 6) is 1.16. The van der Waals surface area contributed by atoms with Gasteiger partial charge < -0.3 is 10.5 Å². The van der Waals surface area contributed by atoms with E-state index in [0.29, 0.717) is 12.5 Å². The first-order valence-electron chi connectivity index (χ1n) is 5.96. The number of aromatic nitrogens is 1. The summed E-state index contributed by atoms with van der Waals surface area (Å²) in [7, 11) is 1.69. The third-order valence-electron chi connectivity index (χ3n) is 2.97. The van der Waals surface area contributed by atoms with Gasteiger partial charge >= 0.3 is 0 Å². The normalized spacial score (nSPS) is 12.4. The molecule has 0 aliphatic carbocycles. The maximum absolute atomic E-state index is 5.67. The van der Waals surface area contributed by atoms with Crippen LogP contribution in [0, 0.1) is 6.92 Å². The molecule has 18 heavy (non-hydrogen) atoms. The van der Waals surface area contributed by atoms with Gasteiger partial charge in [-0.25, -0.2) is 4.98 Å². The zero-order valence-electron chi connectivity index (χ0n) is 10.9. The molecule has 0 aliphatic rings. The molecule has 1 aromatic carbocycles. The molecular weight excluding hydrogens is 244 g/mol. The molecule has 0 bridgehead atoms. The van der Waals surface area contributed by atoms with Crippen molar-refractivity contribution in [3.05, 3.63) is 34.8 Å². The highest BCUT2D eigenvalue weighted by Gasteiger charge is 2.13. The Morgan fingerprint density at radius 1 is 1.44 bits per heavy atom. The lowest BCUT2D eigenvalue weighted by atomic mass is 10.1. The van der Waals surface area contributed by atoms with Crippen molar-refractivity contribution in [2.75, 3.05) is 13.7 Å². The summed E-state index contributed by atoms with van der Waals surface area (Å²) in [4.78, 5) is 4.66. The number of hydrogen-bond donors (Lipinski definition) is 1. The maximum atomic E-state index is 5.67. The standard InChI is InChI=1S/C14H18N2OS/c1-9-4-5-13(17-3)11(6-9)14-16-12(8-18-14)10(2)7-15/h4-6,8,10H,7,15H2,1-3H3. The van der Waals surface area contributed by atoms with Crippen molar-refractivity contribution in [1.29, 1.82) is 0 Å². The number of methoxy groups -OCH3 is 1. The van der Waals surface area contributed by atoms with Crippen molar-refractivity contribution in [2.45, 2.75) is 19.8 Å². The largest absolute Gasteiger partial charge is 0.496 e. The molecule has 0 spiro atoms. The third-order valence-corrected chi connectivity index (χ3v) is 3.86. The molecule has 3 nitrogen and oxygen atoms in total. The molecule has 2 aromatic rings. The molecule has 1 unspecified atom stereocenters. The second-order valence-electron chi connectivity index (χ2n) is 4.42. The fourth-order valence-electron chi connectivity index (χ4n) is 1.75. The molecule has 1 aromatic heterocycles. The van der Waals surface area contributed by atoms with Gasteiger partial charge in [0.1, 0.15) is 10.8 Å². The first-order chi connectivity index (χ1) is 8.65. The van der Waals surface area contributed by atoms with Crippen LogP contribution in [0.15, 0.2) is 23.6 Å². The van der Waals surface area contributed by atoms with Crippen LogP contribution >= 0.6 is 11.3 Å². The predicted octanol–water partition coefficient (Wildman–Crippen LogP) is 3.19. The second kappa shape index (κ2) is 5.50. The van der Waals surface area contributed by atoms with E-state index in [2.05, 4.69) is 30.3 Å². The zero-order chi connectivity index (χ0) is 13.1. The fourth-order valence-corrected chi connectivity index (χ4v) is 2.71. The van der Waals surface area contributed by atoms with Gasteiger partial charge in [0, 0.05) is 17.8 Å². The van der Waals surface area contributed by atoms with E-state index in [9.17, 15) is 0 Å². The Hall–Kier alpha value is -1.39. The number of benzene rings is 1. The summed E-state index contributed by atoms with van der Waals surface area (Å²) in [6.45, 7) is 4.78. The van der Waals surface area contributed by atoms with Crippen molar-refractivity contribution in [2.24, 2.45) is 5.73 Å². The topological polar surface area (TPSA) is 48.1 Å². The summed E-state index contributed by atoms with van der Waals surface area (Å²) >= 11 is 1.64. The minimum atomic E-state index is 0.297. The van der Waals surface area contributed by atoms with E-state index in [-0.39, 0.29) is 0 Å². The van der Waals surface area contributed by atoms with Crippen LogP contribution in [0.1, 0.15) is 24.1 Å². The number of nitrogens with two attached hydrogens (primary N) is 1. The van der Waals surface area contributed by atoms with Gasteiger partial charge in [0.25, 0.3) is 0 Å². The van der Waals surface area contributed by atoms with Crippen molar-refractivity contribution >= 4 is 11.3 Å². The Morgan fingerprint density at radius 2 is 2.22 bits per heavy atom. The van der Waals surface area contributed by atoms with E-state index in [4.69, 9.17) is 10.5 Å². The molecule has 0 aliphatic heterocycles. The van der Waals surface area contributed by atoms with Crippen molar-refractivity contribution in [1.82, 2.24) is 4.98 Å². The van der Waals surface area contributed by atoms with Crippen LogP contribution in [0.5, 0.6) is 5.75 Å². The van der Waals surface area contributed by atoms with Crippen LogP contribution in [0.2, 0.25) is 0 Å². The van der Waals surface area contributed by atoms with Crippen LogP contribution in [0.25, 0.3) is 10.6 Å². The van der Waals surface area contributed by atoms with E-state index in [1.54, 1.807) is 18.4 Å². The van der Waals surface area contributed by atoms with Crippen LogP contribution in [0.4, 0.5) is 0 Å². The van der Waals surface area contributed by atoms with Crippen LogP contribution < -0.4 is 10.5 Å². The van der Waals surface area contributed by atoms with Crippen molar-refractivity contribution in [3.63, 3.8) is 0 Å². The Morgan fingerprint density at radius 3 is 2.89 bits per heavy atom. The minimum absolute atomic E-state index is 0.297. The molecule has 0 radical (unpaired) electrons. The van der Waals surface area contributed by atoms with Gasteiger partial charge in [0.15, 0.2) is 0 Å². The van der Waals surface area contributed by atoms with Crippen molar-refractivity contribution in [3.8, 4) is 16.3 Å². The maximum Gasteiger partial charge on any atom is 0.129 e. The summed E-state index contributed by atoms with van der Waals surface area (Å²) in [5, 5.41) is 3.07. The van der Waals surface area contributed by atoms with Gasteiger partial charge in [-0.05, 0) is 19.1 Å². The monoisotopic (exact) mass is 262 g/mol. The quantitative estimate of drug-likeness (QED) is 0.920. The number of aryl methyl sites for hydroxylation is 1. The first kappa shape index (κ1) is 13.1. The number of nitrogens with zero attached hydrogens (tertiary/aromatic N) is 1. The highest BCUT2D eigenvalue weighted by Crippen LogP contribution is 2.34. The van der Waals surface area contributed by atoms with Gasteiger partial charge in [0.05, 0.1) is 18.4 Å². The van der Waals surface area contributed by atoms with E-state index in [1.165, 1.54) is 5.56 Å². The van der Waals surface area contributed by atoms with Gasteiger partial charge in [-0.3, -0.25) is 0 Å². The van der Waals surface area contributed by atoms with Gasteiger partial charge in [-0.1, -0.05) is 18.6 Å². The molecular formula is C14H18N2OS. The summed E-state index contributed by atoms with van der Waals surface area (Å²) in [6.07, 6.45) is 0.